The Morgan fingerprint density at radius 2 is 1.78 bits per heavy atom. The van der Waals surface area contributed by atoms with Crippen LogP contribution in [0, 0.1) is 46.3 Å². The second-order valence-corrected chi connectivity index (χ2v) is 12.1. The zero-order chi connectivity index (χ0) is 22.9. The molecule has 4 fully saturated rings. The quantitative estimate of drug-likeness (QED) is 0.510. The zero-order valence-electron chi connectivity index (χ0n) is 19.6. The van der Waals surface area contributed by atoms with Gasteiger partial charge >= 0.3 is 6.18 Å². The SMILES string of the molecule is CC1CCC2(C)C(CCC3C2CCC2(C)C(C(=O)Cn4ccc(C(F)(F)F)n4)CCC32)C1. The number of nitrogens with zero attached hydrogens (tertiary/aromatic N) is 2. The largest absolute Gasteiger partial charge is 0.435 e. The van der Waals surface area contributed by atoms with Crippen molar-refractivity contribution in [2.24, 2.45) is 46.3 Å². The fraction of sp³-hybridized carbons (Fsp3) is 0.846. The van der Waals surface area contributed by atoms with Crippen molar-refractivity contribution in [3.05, 3.63) is 18.0 Å². The predicted molar refractivity (Wildman–Crippen MR) is 117 cm³/mol. The van der Waals surface area contributed by atoms with Crippen molar-refractivity contribution < 1.29 is 18.0 Å². The van der Waals surface area contributed by atoms with Crippen molar-refractivity contribution >= 4 is 5.78 Å². The van der Waals surface area contributed by atoms with E-state index in [2.05, 4.69) is 25.9 Å². The fourth-order valence-electron chi connectivity index (χ4n) is 8.87. The zero-order valence-corrected chi connectivity index (χ0v) is 19.6. The van der Waals surface area contributed by atoms with Crippen molar-refractivity contribution in [2.45, 2.75) is 91.3 Å². The number of hydrogen-bond acceptors (Lipinski definition) is 2. The Labute approximate surface area is 189 Å². The molecule has 0 aliphatic heterocycles. The number of hydrogen-bond donors (Lipinski definition) is 0. The van der Waals surface area contributed by atoms with Crippen LogP contribution in [-0.4, -0.2) is 15.6 Å². The second-order valence-electron chi connectivity index (χ2n) is 12.1. The van der Waals surface area contributed by atoms with Crippen LogP contribution < -0.4 is 0 Å². The molecule has 0 saturated heterocycles. The van der Waals surface area contributed by atoms with Crippen LogP contribution in [0.15, 0.2) is 12.3 Å². The lowest BCUT2D eigenvalue weighted by atomic mass is 9.44. The number of carbonyl (C=O) groups excluding carboxylic acids is 1. The monoisotopic (exact) mass is 450 g/mol. The lowest BCUT2D eigenvalue weighted by molar-refractivity contribution is -0.142. The number of carbonyl (C=O) groups is 1. The molecule has 8 unspecified atom stereocenters. The molecule has 1 aromatic heterocycles. The lowest BCUT2D eigenvalue weighted by Gasteiger charge is -2.61. The Balaban J connectivity index is 1.32. The maximum absolute atomic E-state index is 13.3. The van der Waals surface area contributed by atoms with E-state index in [0.717, 1.165) is 43.1 Å². The van der Waals surface area contributed by atoms with E-state index in [1.54, 1.807) is 0 Å². The Morgan fingerprint density at radius 1 is 1.06 bits per heavy atom. The van der Waals surface area contributed by atoms with Crippen LogP contribution in [0.25, 0.3) is 0 Å². The first-order valence-electron chi connectivity index (χ1n) is 12.7. The van der Waals surface area contributed by atoms with Crippen LogP contribution >= 0.6 is 0 Å². The van der Waals surface area contributed by atoms with E-state index in [1.165, 1.54) is 49.4 Å². The highest BCUT2D eigenvalue weighted by Crippen LogP contribution is 2.67. The van der Waals surface area contributed by atoms with E-state index >= 15 is 0 Å². The van der Waals surface area contributed by atoms with E-state index in [1.807, 2.05) is 0 Å². The first-order valence-corrected chi connectivity index (χ1v) is 12.7. The molecule has 0 N–H and O–H groups in total. The van der Waals surface area contributed by atoms with Gasteiger partial charge in [0.25, 0.3) is 0 Å². The molecule has 0 amide bonds. The van der Waals surface area contributed by atoms with Gasteiger partial charge in [-0.15, -0.1) is 0 Å². The Morgan fingerprint density at radius 3 is 2.50 bits per heavy atom. The third kappa shape index (κ3) is 3.46. The van der Waals surface area contributed by atoms with Gasteiger partial charge in [0.15, 0.2) is 11.5 Å². The highest BCUT2D eigenvalue weighted by atomic mass is 19.4. The number of aromatic nitrogens is 2. The van der Waals surface area contributed by atoms with Gasteiger partial charge in [0.2, 0.25) is 0 Å². The Hall–Kier alpha value is -1.33. The van der Waals surface area contributed by atoms with Gasteiger partial charge in [-0.25, -0.2) is 0 Å². The fourth-order valence-corrected chi connectivity index (χ4v) is 8.87. The molecule has 4 aliphatic carbocycles. The molecule has 1 aromatic rings. The summed E-state index contributed by atoms with van der Waals surface area (Å²) < 4.78 is 39.9. The van der Waals surface area contributed by atoms with Crippen molar-refractivity contribution in [2.75, 3.05) is 0 Å². The highest BCUT2D eigenvalue weighted by Gasteiger charge is 2.60. The molecule has 0 bridgehead atoms. The number of rotatable bonds is 3. The molecule has 8 atom stereocenters. The van der Waals surface area contributed by atoms with Crippen LogP contribution in [0.5, 0.6) is 0 Å². The smallest absolute Gasteiger partial charge is 0.297 e. The third-order valence-electron chi connectivity index (χ3n) is 10.6. The van der Waals surface area contributed by atoms with E-state index < -0.39 is 11.9 Å². The lowest BCUT2D eigenvalue weighted by Crippen LogP contribution is -2.53. The van der Waals surface area contributed by atoms with Crippen LogP contribution in [0.3, 0.4) is 0 Å². The second kappa shape index (κ2) is 7.59. The summed E-state index contributed by atoms with van der Waals surface area (Å²) in [4.78, 5) is 13.3. The molecule has 1 heterocycles. The Bertz CT molecular complexity index is 879. The standard InChI is InChI=1S/C26H37F3N2O/c1-16-8-11-24(2)17(14-16)4-5-18-19-6-7-21(25(19,3)12-9-20(18)24)22(32)15-31-13-10-23(30-31)26(27,28)29/h10,13,16-21H,4-9,11-12,14-15H2,1-3H3. The summed E-state index contributed by atoms with van der Waals surface area (Å²) in [5, 5.41) is 3.62. The summed E-state index contributed by atoms with van der Waals surface area (Å²) in [7, 11) is 0. The van der Waals surface area contributed by atoms with Crippen LogP contribution in [-0.2, 0) is 17.5 Å². The van der Waals surface area contributed by atoms with Crippen molar-refractivity contribution in [1.29, 1.82) is 0 Å². The number of fused-ring (bicyclic) bond motifs is 5. The molecule has 6 heteroatoms. The normalized spacial score (nSPS) is 43.9. The van der Waals surface area contributed by atoms with Gasteiger partial charge in [-0.05, 0) is 97.9 Å². The summed E-state index contributed by atoms with van der Waals surface area (Å²) in [5.74, 6) is 3.80. The highest BCUT2D eigenvalue weighted by molar-refractivity contribution is 5.82. The molecule has 32 heavy (non-hydrogen) atoms. The first-order chi connectivity index (χ1) is 15.0. The first kappa shape index (κ1) is 22.5. The van der Waals surface area contributed by atoms with E-state index in [-0.39, 0.29) is 23.7 Å². The topological polar surface area (TPSA) is 34.9 Å². The molecule has 0 aromatic carbocycles. The molecule has 4 saturated carbocycles. The van der Waals surface area contributed by atoms with E-state index in [0.29, 0.717) is 17.3 Å². The average molecular weight is 451 g/mol. The van der Waals surface area contributed by atoms with Gasteiger partial charge in [-0.1, -0.05) is 27.2 Å². The minimum Gasteiger partial charge on any atom is -0.297 e. The number of halogens is 3. The number of alkyl halides is 3. The van der Waals surface area contributed by atoms with Crippen molar-refractivity contribution in [3.8, 4) is 0 Å². The minimum absolute atomic E-state index is 0.0105. The van der Waals surface area contributed by atoms with Gasteiger partial charge in [0.1, 0.15) is 0 Å². The predicted octanol–water partition coefficient (Wildman–Crippen LogP) is 6.77. The Kier molecular flexibility index (Phi) is 5.33. The summed E-state index contributed by atoms with van der Waals surface area (Å²) in [5.41, 5.74) is -0.473. The van der Waals surface area contributed by atoms with Gasteiger partial charge in [0.05, 0.1) is 6.54 Å². The van der Waals surface area contributed by atoms with Crippen molar-refractivity contribution in [3.63, 3.8) is 0 Å². The van der Waals surface area contributed by atoms with Gasteiger partial charge in [-0.3, -0.25) is 9.48 Å². The number of ketones is 1. The molecule has 4 aliphatic rings. The maximum Gasteiger partial charge on any atom is 0.435 e. The van der Waals surface area contributed by atoms with Crippen LogP contribution in [0.1, 0.15) is 84.3 Å². The molecule has 5 rings (SSSR count). The molecule has 0 spiro atoms. The van der Waals surface area contributed by atoms with Crippen LogP contribution in [0.4, 0.5) is 13.2 Å². The molecular weight excluding hydrogens is 413 g/mol. The average Bonchev–Trinajstić information content (AvgIpc) is 3.32. The summed E-state index contributed by atoms with van der Waals surface area (Å²) >= 11 is 0. The van der Waals surface area contributed by atoms with Gasteiger partial charge in [-0.2, -0.15) is 18.3 Å². The van der Waals surface area contributed by atoms with Gasteiger partial charge in [0, 0.05) is 12.1 Å². The summed E-state index contributed by atoms with van der Waals surface area (Å²) in [6.07, 6.45) is 7.81. The molecule has 0 radical (unpaired) electrons. The third-order valence-corrected chi connectivity index (χ3v) is 10.6. The van der Waals surface area contributed by atoms with Crippen molar-refractivity contribution in [1.82, 2.24) is 9.78 Å². The number of Topliss-reactive ketones (excluding diaryl/α,β-unsaturated/α-hetero) is 1. The molecular formula is C26H37F3N2O. The van der Waals surface area contributed by atoms with E-state index in [4.69, 9.17) is 0 Å². The van der Waals surface area contributed by atoms with E-state index in [9.17, 15) is 18.0 Å². The molecule has 3 nitrogen and oxygen atoms in total. The maximum atomic E-state index is 13.3. The summed E-state index contributed by atoms with van der Waals surface area (Å²) in [6, 6.07) is 0.960. The molecule has 178 valence electrons. The van der Waals surface area contributed by atoms with Crippen LogP contribution in [0.2, 0.25) is 0 Å². The minimum atomic E-state index is -4.47. The summed E-state index contributed by atoms with van der Waals surface area (Å²) in [6.45, 7) is 7.24. The van der Waals surface area contributed by atoms with Gasteiger partial charge < -0.3 is 0 Å².